The largest absolute Gasteiger partial charge is 0.507 e. The first-order valence-corrected chi connectivity index (χ1v) is 18.3. The van der Waals surface area contributed by atoms with E-state index < -0.39 is 9.85 Å². The average molecular weight is 801 g/mol. The molecule has 1 aliphatic rings. The Kier molecular flexibility index (Phi) is 11.7. The molecular formula is C44H32N8O8. The molecule has 0 saturated carbocycles. The van der Waals surface area contributed by atoms with Crippen molar-refractivity contribution in [1.82, 2.24) is 0 Å². The molecule has 2 N–H and O–H groups in total. The summed E-state index contributed by atoms with van der Waals surface area (Å²) in [6.07, 6.45) is 0.472. The molecule has 0 saturated heterocycles. The molecule has 0 atom stereocenters. The maximum absolute atomic E-state index is 11.9. The van der Waals surface area contributed by atoms with Crippen LogP contribution in [0.3, 0.4) is 0 Å². The number of hydrogen-bond donors (Lipinski definition) is 2. The van der Waals surface area contributed by atoms with Crippen molar-refractivity contribution in [3.8, 4) is 35.1 Å². The molecule has 7 rings (SSSR count). The number of nitro benzene ring substituents is 2. The van der Waals surface area contributed by atoms with Crippen molar-refractivity contribution in [2.75, 3.05) is 13.2 Å². The van der Waals surface area contributed by atoms with Gasteiger partial charge in [0.15, 0.2) is 13.2 Å². The third-order valence-corrected chi connectivity index (χ3v) is 9.63. The van der Waals surface area contributed by atoms with Gasteiger partial charge in [0, 0.05) is 72.2 Å². The van der Waals surface area contributed by atoms with E-state index in [2.05, 4.69) is 20.5 Å². The minimum atomic E-state index is -0.509. The molecule has 0 spiro atoms. The average Bonchev–Trinajstić information content (AvgIpc) is 3.24. The van der Waals surface area contributed by atoms with Crippen molar-refractivity contribution in [3.63, 3.8) is 0 Å². The van der Waals surface area contributed by atoms with E-state index >= 15 is 0 Å². The van der Waals surface area contributed by atoms with Gasteiger partial charge in [-0.1, -0.05) is 36.4 Å². The zero-order valence-corrected chi connectivity index (χ0v) is 31.6. The first kappa shape index (κ1) is 39.7. The van der Waals surface area contributed by atoms with Gasteiger partial charge in [0.25, 0.3) is 11.4 Å². The predicted molar refractivity (Wildman–Crippen MR) is 217 cm³/mol. The number of nitrogens with zero attached hydrogens (tertiary/aromatic N) is 8. The van der Waals surface area contributed by atoms with Gasteiger partial charge in [0.1, 0.15) is 35.1 Å². The van der Waals surface area contributed by atoms with Crippen molar-refractivity contribution in [2.24, 2.45) is 20.5 Å². The number of nitriles is 2. The predicted octanol–water partition coefficient (Wildman–Crippen LogP) is 10.2. The molecule has 296 valence electrons. The molecule has 60 heavy (non-hydrogen) atoms. The molecule has 0 heterocycles. The van der Waals surface area contributed by atoms with Gasteiger partial charge < -0.3 is 19.7 Å². The first-order valence-electron chi connectivity index (χ1n) is 18.3. The van der Waals surface area contributed by atoms with Crippen LogP contribution in [0.5, 0.6) is 23.0 Å². The minimum absolute atomic E-state index is 0.0319. The fourth-order valence-electron chi connectivity index (χ4n) is 6.88. The number of rotatable bonds is 10. The molecule has 16 nitrogen and oxygen atoms in total. The topological polar surface area (TPSA) is 242 Å². The number of para-hydroxylation sites is 2. The summed E-state index contributed by atoms with van der Waals surface area (Å²) in [6, 6.07) is 32.7. The van der Waals surface area contributed by atoms with Gasteiger partial charge in [-0.15, -0.1) is 0 Å². The molecule has 0 unspecified atom stereocenters. The lowest BCUT2D eigenvalue weighted by atomic mass is 9.91. The van der Waals surface area contributed by atoms with Crippen molar-refractivity contribution >= 4 is 34.1 Å². The van der Waals surface area contributed by atoms with E-state index in [1.807, 2.05) is 24.3 Å². The highest BCUT2D eigenvalue weighted by atomic mass is 16.6. The Morgan fingerprint density at radius 1 is 0.500 bits per heavy atom. The third kappa shape index (κ3) is 9.04. The molecule has 0 amide bonds. The monoisotopic (exact) mass is 800 g/mol. The number of aromatic hydroxyl groups is 2. The van der Waals surface area contributed by atoms with Crippen molar-refractivity contribution in [1.29, 1.82) is 10.5 Å². The minimum Gasteiger partial charge on any atom is -0.507 e. The molecule has 0 aliphatic heterocycles. The zero-order chi connectivity index (χ0) is 42.2. The number of fused-ring (bicyclic) bond motifs is 8. The number of phenolic OH excluding ortho intramolecular Hbond substituents is 2. The van der Waals surface area contributed by atoms with Gasteiger partial charge in [-0.3, -0.25) is 20.2 Å². The maximum Gasteiger partial charge on any atom is 0.269 e. The molecule has 8 bridgehead atoms. The third-order valence-electron chi connectivity index (χ3n) is 9.63. The van der Waals surface area contributed by atoms with Gasteiger partial charge in [0.05, 0.1) is 32.6 Å². The standard InChI is InChI=1S/C44H32N8O8/c45-15-17-59-43-27-3-1-4-28(43)20-32-24-38(50-48-36-9-13-40(14-10-36)52(57)58)26-34(42(32)54)22-30-6-2-5-29(44(30)60-18-16-46)21-33-25-37(23-31(19-27)41(33)53)49-47-35-7-11-39(12-8-35)51(55)56/h1-14,23-26,53-54H,17-22H2. The zero-order valence-electron chi connectivity index (χ0n) is 31.6. The summed E-state index contributed by atoms with van der Waals surface area (Å²) in [6.45, 7) is -0.572. The lowest BCUT2D eigenvalue weighted by molar-refractivity contribution is -0.385. The lowest BCUT2D eigenvalue weighted by Gasteiger charge is -2.20. The Bertz CT molecular complexity index is 2490. The SMILES string of the molecule is N#CCOc1c2cccc1Cc1cc(N=Nc3ccc([N+](=O)[O-])cc3)cc(c1O)Cc1cccc(c1OCC#N)Cc1cc(N=Nc3ccc([N+](=O)[O-])cc3)cc(c1O)C2. The van der Waals surface area contributed by atoms with Crippen LogP contribution in [0, 0.1) is 42.9 Å². The smallest absolute Gasteiger partial charge is 0.269 e. The van der Waals surface area contributed by atoms with E-state index in [0.717, 1.165) is 0 Å². The number of azo groups is 2. The van der Waals surface area contributed by atoms with E-state index in [1.165, 1.54) is 48.5 Å². The number of nitro groups is 2. The second-order valence-electron chi connectivity index (χ2n) is 13.6. The van der Waals surface area contributed by atoms with Crippen LogP contribution in [0.15, 0.2) is 130 Å². The maximum atomic E-state index is 11.9. The summed E-state index contributed by atoms with van der Waals surface area (Å²) in [4.78, 5) is 21.3. The van der Waals surface area contributed by atoms with E-state index in [-0.39, 0.29) is 61.8 Å². The second-order valence-corrected chi connectivity index (χ2v) is 13.6. The Balaban J connectivity index is 1.39. The van der Waals surface area contributed by atoms with Crippen LogP contribution in [0.4, 0.5) is 34.1 Å². The van der Waals surface area contributed by atoms with Gasteiger partial charge in [-0.05, 0) is 70.8 Å². The number of hydrogen-bond acceptors (Lipinski definition) is 14. The van der Waals surface area contributed by atoms with Crippen LogP contribution >= 0.6 is 0 Å². The van der Waals surface area contributed by atoms with Crippen LogP contribution in [-0.2, 0) is 25.7 Å². The number of ether oxygens (including phenoxy) is 2. The summed E-state index contributed by atoms with van der Waals surface area (Å²) >= 11 is 0. The van der Waals surface area contributed by atoms with Crippen LogP contribution in [0.25, 0.3) is 0 Å². The summed E-state index contributed by atoms with van der Waals surface area (Å²) in [5, 5.41) is 82.7. The Morgan fingerprint density at radius 3 is 1.08 bits per heavy atom. The van der Waals surface area contributed by atoms with Crippen LogP contribution in [-0.4, -0.2) is 33.3 Å². The van der Waals surface area contributed by atoms with Crippen LogP contribution in [0.2, 0.25) is 0 Å². The molecule has 1 aliphatic carbocycles. The highest BCUT2D eigenvalue weighted by Crippen LogP contribution is 2.41. The highest BCUT2D eigenvalue weighted by molar-refractivity contribution is 5.61. The van der Waals surface area contributed by atoms with Crippen molar-refractivity contribution in [2.45, 2.75) is 25.7 Å². The summed E-state index contributed by atoms with van der Waals surface area (Å²) in [5.41, 5.74) is 5.58. The summed E-state index contributed by atoms with van der Waals surface area (Å²) in [7, 11) is 0. The van der Waals surface area contributed by atoms with E-state index in [9.17, 15) is 41.0 Å². The molecule has 0 fully saturated rings. The molecular weight excluding hydrogens is 769 g/mol. The van der Waals surface area contributed by atoms with Gasteiger partial charge in [0.2, 0.25) is 0 Å². The van der Waals surface area contributed by atoms with E-state index in [4.69, 9.17) is 9.47 Å². The second kappa shape index (κ2) is 17.7. The van der Waals surface area contributed by atoms with E-state index in [0.29, 0.717) is 78.8 Å². The molecule has 16 heteroatoms. The van der Waals surface area contributed by atoms with Crippen molar-refractivity contribution in [3.05, 3.63) is 174 Å². The molecule has 6 aromatic carbocycles. The normalized spacial score (nSPS) is 12.1. The summed E-state index contributed by atoms with van der Waals surface area (Å²) in [5.74, 6) is 0.689. The Morgan fingerprint density at radius 2 is 0.800 bits per heavy atom. The highest BCUT2D eigenvalue weighted by Gasteiger charge is 2.22. The lowest BCUT2D eigenvalue weighted by Crippen LogP contribution is -2.06. The quantitative estimate of drug-likeness (QED) is 0.0753. The molecule has 0 aromatic heterocycles. The van der Waals surface area contributed by atoms with Crippen LogP contribution in [0.1, 0.15) is 44.5 Å². The van der Waals surface area contributed by atoms with Gasteiger partial charge in [-0.25, -0.2) is 0 Å². The number of benzene rings is 6. The number of non-ortho nitro benzene ring substituents is 2. The van der Waals surface area contributed by atoms with Gasteiger partial charge in [-0.2, -0.15) is 31.0 Å². The van der Waals surface area contributed by atoms with E-state index in [1.54, 1.807) is 48.5 Å². The van der Waals surface area contributed by atoms with Crippen LogP contribution < -0.4 is 9.47 Å². The number of phenols is 2. The van der Waals surface area contributed by atoms with Crippen molar-refractivity contribution < 1.29 is 29.5 Å². The molecule has 0 radical (unpaired) electrons. The fourth-order valence-corrected chi connectivity index (χ4v) is 6.88. The first-order chi connectivity index (χ1) is 29.1. The Labute approximate surface area is 341 Å². The van der Waals surface area contributed by atoms with Gasteiger partial charge >= 0.3 is 0 Å². The molecule has 6 aromatic rings. The Hall–Kier alpha value is -8.50. The fraction of sp³-hybridized carbons (Fsp3) is 0.136. The summed E-state index contributed by atoms with van der Waals surface area (Å²) < 4.78 is 12.1.